The SMILES string of the molecule is Cc1cc(OC2CCOC3(CCCC3)C2)ccc1N. The highest BCUT2D eigenvalue weighted by Crippen LogP contribution is 2.41. The molecular formula is C16H23NO2. The van der Waals surface area contributed by atoms with Crippen LogP contribution < -0.4 is 10.5 Å². The van der Waals surface area contributed by atoms with Gasteiger partial charge in [-0.1, -0.05) is 12.8 Å². The van der Waals surface area contributed by atoms with E-state index in [9.17, 15) is 0 Å². The molecule has 1 aliphatic carbocycles. The minimum atomic E-state index is 0.117. The maximum Gasteiger partial charge on any atom is 0.120 e. The van der Waals surface area contributed by atoms with Crippen LogP contribution in [0.2, 0.25) is 0 Å². The molecule has 1 unspecified atom stereocenters. The highest BCUT2D eigenvalue weighted by Gasteiger charge is 2.40. The number of anilines is 1. The summed E-state index contributed by atoms with van der Waals surface area (Å²) in [5, 5.41) is 0. The Balaban J connectivity index is 1.67. The lowest BCUT2D eigenvalue weighted by Crippen LogP contribution is -2.41. The van der Waals surface area contributed by atoms with E-state index in [0.29, 0.717) is 0 Å². The molecule has 1 atom stereocenters. The van der Waals surface area contributed by atoms with Crippen molar-refractivity contribution in [1.82, 2.24) is 0 Å². The molecule has 3 rings (SSSR count). The van der Waals surface area contributed by atoms with Crippen molar-refractivity contribution >= 4 is 5.69 Å². The number of hydrogen-bond donors (Lipinski definition) is 1. The number of rotatable bonds is 2. The minimum Gasteiger partial charge on any atom is -0.490 e. The summed E-state index contributed by atoms with van der Waals surface area (Å²) in [5.41, 5.74) is 7.87. The van der Waals surface area contributed by atoms with E-state index in [1.165, 1.54) is 25.7 Å². The fourth-order valence-corrected chi connectivity index (χ4v) is 3.37. The largest absolute Gasteiger partial charge is 0.490 e. The molecule has 0 amide bonds. The van der Waals surface area contributed by atoms with Gasteiger partial charge in [0.25, 0.3) is 0 Å². The molecule has 1 heterocycles. The lowest BCUT2D eigenvalue weighted by atomic mass is 9.90. The van der Waals surface area contributed by atoms with Crippen LogP contribution in [0.25, 0.3) is 0 Å². The molecule has 2 fully saturated rings. The molecule has 2 N–H and O–H groups in total. The van der Waals surface area contributed by atoms with Gasteiger partial charge in [0.15, 0.2) is 0 Å². The van der Waals surface area contributed by atoms with Gasteiger partial charge >= 0.3 is 0 Å². The standard InChI is InChI=1S/C16H23NO2/c1-12-10-13(4-5-15(12)17)19-14-6-9-18-16(11-14)7-2-3-8-16/h4-5,10,14H,2-3,6-9,11,17H2,1H3. The third-order valence-electron chi connectivity index (χ3n) is 4.51. The van der Waals surface area contributed by atoms with E-state index in [0.717, 1.165) is 36.4 Å². The average Bonchev–Trinajstić information content (AvgIpc) is 2.82. The second-order valence-electron chi connectivity index (χ2n) is 5.99. The van der Waals surface area contributed by atoms with E-state index in [1.807, 2.05) is 25.1 Å². The van der Waals surface area contributed by atoms with Crippen molar-refractivity contribution in [3.05, 3.63) is 23.8 Å². The van der Waals surface area contributed by atoms with Crippen LogP contribution in [0.3, 0.4) is 0 Å². The van der Waals surface area contributed by atoms with Crippen molar-refractivity contribution in [1.29, 1.82) is 0 Å². The van der Waals surface area contributed by atoms with E-state index < -0.39 is 0 Å². The van der Waals surface area contributed by atoms with Gasteiger partial charge in [-0.05, 0) is 43.5 Å². The fourth-order valence-electron chi connectivity index (χ4n) is 3.37. The second kappa shape index (κ2) is 5.04. The van der Waals surface area contributed by atoms with Crippen LogP contribution in [-0.2, 0) is 4.74 Å². The van der Waals surface area contributed by atoms with Crippen molar-refractivity contribution in [2.24, 2.45) is 0 Å². The van der Waals surface area contributed by atoms with Gasteiger partial charge in [0.2, 0.25) is 0 Å². The Kier molecular flexibility index (Phi) is 3.40. The Hall–Kier alpha value is -1.22. The Morgan fingerprint density at radius 3 is 2.84 bits per heavy atom. The van der Waals surface area contributed by atoms with Crippen molar-refractivity contribution < 1.29 is 9.47 Å². The van der Waals surface area contributed by atoms with Gasteiger partial charge in [-0.25, -0.2) is 0 Å². The molecule has 1 aliphatic heterocycles. The van der Waals surface area contributed by atoms with Crippen LogP contribution in [0, 0.1) is 6.92 Å². The number of hydrogen-bond acceptors (Lipinski definition) is 3. The smallest absolute Gasteiger partial charge is 0.120 e. The quantitative estimate of drug-likeness (QED) is 0.829. The normalized spacial score (nSPS) is 25.6. The van der Waals surface area contributed by atoms with Gasteiger partial charge in [-0.2, -0.15) is 0 Å². The highest BCUT2D eigenvalue weighted by atomic mass is 16.5. The van der Waals surface area contributed by atoms with Crippen LogP contribution in [0.5, 0.6) is 5.75 Å². The predicted molar refractivity (Wildman–Crippen MR) is 76.4 cm³/mol. The van der Waals surface area contributed by atoms with Crippen LogP contribution >= 0.6 is 0 Å². The fraction of sp³-hybridized carbons (Fsp3) is 0.625. The van der Waals surface area contributed by atoms with E-state index in [2.05, 4.69) is 0 Å². The second-order valence-corrected chi connectivity index (χ2v) is 5.99. The Labute approximate surface area is 115 Å². The zero-order valence-corrected chi connectivity index (χ0v) is 11.7. The molecular weight excluding hydrogens is 238 g/mol. The number of nitrogen functional groups attached to an aromatic ring is 1. The summed E-state index contributed by atoms with van der Waals surface area (Å²) in [4.78, 5) is 0. The zero-order chi connectivity index (χ0) is 13.3. The molecule has 1 aromatic carbocycles. The van der Waals surface area contributed by atoms with Gasteiger partial charge in [-0.15, -0.1) is 0 Å². The van der Waals surface area contributed by atoms with Gasteiger partial charge in [0.1, 0.15) is 11.9 Å². The van der Waals surface area contributed by atoms with Crippen molar-refractivity contribution in [3.8, 4) is 5.75 Å². The topological polar surface area (TPSA) is 44.5 Å². The number of benzene rings is 1. The third-order valence-corrected chi connectivity index (χ3v) is 4.51. The van der Waals surface area contributed by atoms with Crippen molar-refractivity contribution in [2.45, 2.75) is 57.2 Å². The lowest BCUT2D eigenvalue weighted by Gasteiger charge is -2.38. The summed E-state index contributed by atoms with van der Waals surface area (Å²) in [5.74, 6) is 0.937. The summed E-state index contributed by atoms with van der Waals surface area (Å²) in [6, 6.07) is 5.93. The van der Waals surface area contributed by atoms with Crippen LogP contribution in [-0.4, -0.2) is 18.3 Å². The minimum absolute atomic E-state index is 0.117. The van der Waals surface area contributed by atoms with Crippen molar-refractivity contribution in [3.63, 3.8) is 0 Å². The van der Waals surface area contributed by atoms with E-state index in [1.54, 1.807) is 0 Å². The Morgan fingerprint density at radius 2 is 2.11 bits per heavy atom. The predicted octanol–water partition coefficient (Wildman–Crippen LogP) is 3.45. The Bertz CT molecular complexity index is 452. The van der Waals surface area contributed by atoms with Gasteiger partial charge in [0, 0.05) is 18.5 Å². The van der Waals surface area contributed by atoms with E-state index in [-0.39, 0.29) is 11.7 Å². The molecule has 0 aromatic heterocycles. The Morgan fingerprint density at radius 1 is 1.32 bits per heavy atom. The van der Waals surface area contributed by atoms with Crippen LogP contribution in [0.4, 0.5) is 5.69 Å². The first-order chi connectivity index (χ1) is 9.17. The number of aryl methyl sites for hydroxylation is 1. The van der Waals surface area contributed by atoms with E-state index in [4.69, 9.17) is 15.2 Å². The zero-order valence-electron chi connectivity index (χ0n) is 11.7. The molecule has 0 radical (unpaired) electrons. The molecule has 1 spiro atoms. The lowest BCUT2D eigenvalue weighted by molar-refractivity contribution is -0.108. The summed E-state index contributed by atoms with van der Waals surface area (Å²) >= 11 is 0. The van der Waals surface area contributed by atoms with Crippen LogP contribution in [0.15, 0.2) is 18.2 Å². The van der Waals surface area contributed by atoms with Gasteiger partial charge in [-0.3, -0.25) is 0 Å². The third kappa shape index (κ3) is 2.71. The van der Waals surface area contributed by atoms with Crippen LogP contribution in [0.1, 0.15) is 44.1 Å². The molecule has 1 saturated heterocycles. The summed E-state index contributed by atoms with van der Waals surface area (Å²) in [7, 11) is 0. The first-order valence-electron chi connectivity index (χ1n) is 7.34. The van der Waals surface area contributed by atoms with Crippen molar-refractivity contribution in [2.75, 3.05) is 12.3 Å². The summed E-state index contributed by atoms with van der Waals surface area (Å²) in [6.45, 7) is 2.85. The molecule has 2 aliphatic rings. The van der Waals surface area contributed by atoms with Gasteiger partial charge < -0.3 is 15.2 Å². The molecule has 3 heteroatoms. The average molecular weight is 261 g/mol. The first-order valence-corrected chi connectivity index (χ1v) is 7.34. The van der Waals surface area contributed by atoms with E-state index >= 15 is 0 Å². The molecule has 3 nitrogen and oxygen atoms in total. The first kappa shape index (κ1) is 12.8. The molecule has 1 saturated carbocycles. The number of nitrogens with two attached hydrogens (primary N) is 1. The number of ether oxygens (including phenoxy) is 2. The molecule has 1 aromatic rings. The molecule has 19 heavy (non-hydrogen) atoms. The monoisotopic (exact) mass is 261 g/mol. The summed E-state index contributed by atoms with van der Waals surface area (Å²) < 4.78 is 12.2. The highest BCUT2D eigenvalue weighted by molar-refractivity contribution is 5.49. The van der Waals surface area contributed by atoms with Gasteiger partial charge in [0.05, 0.1) is 12.2 Å². The molecule has 104 valence electrons. The summed E-state index contributed by atoms with van der Waals surface area (Å²) in [6.07, 6.45) is 7.32. The molecule has 0 bridgehead atoms. The maximum atomic E-state index is 6.14. The maximum absolute atomic E-state index is 6.14.